The van der Waals surface area contributed by atoms with Crippen LogP contribution in [0.4, 0.5) is 0 Å². The molecule has 1 heterocycles. The van der Waals surface area contributed by atoms with E-state index in [0.29, 0.717) is 10.0 Å². The van der Waals surface area contributed by atoms with Crippen LogP contribution in [-0.2, 0) is 6.42 Å². The normalized spacial score (nSPS) is 12.6. The summed E-state index contributed by atoms with van der Waals surface area (Å²) in [5, 5.41) is 8.64. The Morgan fingerprint density at radius 3 is 2.83 bits per heavy atom. The lowest BCUT2D eigenvalue weighted by Crippen LogP contribution is -2.22. The fraction of sp³-hybridized carbons (Fsp3) is 0.333. The average molecular weight is 302 g/mol. The predicted molar refractivity (Wildman–Crippen MR) is 76.5 cm³/mol. The SMILES string of the molecule is CCNC(Cc1ccc(Cl)cc1Cl)c1cnns1. The van der Waals surface area contributed by atoms with Crippen molar-refractivity contribution in [2.45, 2.75) is 19.4 Å². The van der Waals surface area contributed by atoms with Gasteiger partial charge in [-0.25, -0.2) is 0 Å². The van der Waals surface area contributed by atoms with Crippen molar-refractivity contribution in [2.75, 3.05) is 6.54 Å². The van der Waals surface area contributed by atoms with E-state index < -0.39 is 0 Å². The van der Waals surface area contributed by atoms with E-state index in [9.17, 15) is 0 Å². The summed E-state index contributed by atoms with van der Waals surface area (Å²) in [5.41, 5.74) is 1.07. The molecule has 2 aromatic rings. The second-order valence-corrected chi connectivity index (χ2v) is 5.53. The minimum atomic E-state index is 0.189. The van der Waals surface area contributed by atoms with E-state index in [1.807, 2.05) is 12.1 Å². The standard InChI is InChI=1S/C12H13Cl2N3S/c1-2-15-11(12-7-16-17-18-12)5-8-3-4-9(13)6-10(8)14/h3-4,6-7,11,15H,2,5H2,1H3. The zero-order valence-electron chi connectivity index (χ0n) is 9.86. The lowest BCUT2D eigenvalue weighted by molar-refractivity contribution is 0.557. The second kappa shape index (κ2) is 6.48. The first-order chi connectivity index (χ1) is 8.70. The molecule has 3 nitrogen and oxygen atoms in total. The molecule has 1 unspecified atom stereocenters. The van der Waals surface area contributed by atoms with Crippen LogP contribution in [0.15, 0.2) is 24.4 Å². The molecule has 0 aliphatic heterocycles. The molecule has 2 rings (SSSR count). The number of nitrogens with one attached hydrogen (secondary N) is 1. The highest BCUT2D eigenvalue weighted by Crippen LogP contribution is 2.27. The van der Waals surface area contributed by atoms with E-state index >= 15 is 0 Å². The molecule has 18 heavy (non-hydrogen) atoms. The Morgan fingerprint density at radius 2 is 2.22 bits per heavy atom. The Morgan fingerprint density at radius 1 is 1.39 bits per heavy atom. The van der Waals surface area contributed by atoms with Gasteiger partial charge >= 0.3 is 0 Å². The zero-order valence-corrected chi connectivity index (χ0v) is 12.2. The van der Waals surface area contributed by atoms with Crippen LogP contribution in [-0.4, -0.2) is 16.1 Å². The third kappa shape index (κ3) is 3.42. The summed E-state index contributed by atoms with van der Waals surface area (Å²) in [7, 11) is 0. The van der Waals surface area contributed by atoms with Gasteiger partial charge in [0.2, 0.25) is 0 Å². The van der Waals surface area contributed by atoms with Crippen LogP contribution in [0.1, 0.15) is 23.4 Å². The second-order valence-electron chi connectivity index (χ2n) is 3.87. The van der Waals surface area contributed by atoms with E-state index in [0.717, 1.165) is 23.4 Å². The molecule has 0 saturated carbocycles. The Hall–Kier alpha value is -0.680. The van der Waals surface area contributed by atoms with Gasteiger partial charge in [0.25, 0.3) is 0 Å². The van der Waals surface area contributed by atoms with Crippen molar-refractivity contribution in [1.29, 1.82) is 0 Å². The summed E-state index contributed by atoms with van der Waals surface area (Å²) < 4.78 is 3.90. The summed E-state index contributed by atoms with van der Waals surface area (Å²) in [6.07, 6.45) is 2.59. The third-order valence-corrected chi connectivity index (χ3v) is 3.98. The average Bonchev–Trinajstić information content (AvgIpc) is 2.85. The topological polar surface area (TPSA) is 37.8 Å². The number of benzene rings is 1. The minimum Gasteiger partial charge on any atom is -0.309 e. The smallest absolute Gasteiger partial charge is 0.0669 e. The van der Waals surface area contributed by atoms with Gasteiger partial charge in [-0.3, -0.25) is 0 Å². The number of likely N-dealkylation sites (N-methyl/N-ethyl adjacent to an activating group) is 1. The van der Waals surface area contributed by atoms with E-state index in [1.165, 1.54) is 11.5 Å². The fourth-order valence-electron chi connectivity index (χ4n) is 1.76. The van der Waals surface area contributed by atoms with Crippen molar-refractivity contribution in [3.8, 4) is 0 Å². The molecule has 6 heteroatoms. The molecule has 0 amide bonds. The Kier molecular flexibility index (Phi) is 4.95. The van der Waals surface area contributed by atoms with E-state index in [-0.39, 0.29) is 6.04 Å². The molecular weight excluding hydrogens is 289 g/mol. The van der Waals surface area contributed by atoms with Crippen molar-refractivity contribution >= 4 is 34.7 Å². The first-order valence-corrected chi connectivity index (χ1v) is 7.18. The highest BCUT2D eigenvalue weighted by molar-refractivity contribution is 7.05. The summed E-state index contributed by atoms with van der Waals surface area (Å²) >= 11 is 13.5. The van der Waals surface area contributed by atoms with Gasteiger partial charge in [-0.05, 0) is 42.2 Å². The number of nitrogens with zero attached hydrogens (tertiary/aromatic N) is 2. The maximum Gasteiger partial charge on any atom is 0.0669 e. The van der Waals surface area contributed by atoms with Gasteiger partial charge in [-0.1, -0.05) is 40.7 Å². The van der Waals surface area contributed by atoms with Crippen molar-refractivity contribution in [1.82, 2.24) is 14.9 Å². The first-order valence-electron chi connectivity index (χ1n) is 5.65. The summed E-state index contributed by atoms with van der Waals surface area (Å²) in [4.78, 5) is 1.11. The Balaban J connectivity index is 2.18. The van der Waals surface area contributed by atoms with Crippen LogP contribution in [0.25, 0.3) is 0 Å². The molecule has 0 aliphatic rings. The Bertz CT molecular complexity index is 502. The predicted octanol–water partition coefficient (Wildman–Crippen LogP) is 3.74. The monoisotopic (exact) mass is 301 g/mol. The maximum atomic E-state index is 6.20. The van der Waals surface area contributed by atoms with Crippen molar-refractivity contribution < 1.29 is 0 Å². The molecule has 0 bridgehead atoms. The summed E-state index contributed by atoms with van der Waals surface area (Å²) in [6, 6.07) is 5.78. The van der Waals surface area contributed by atoms with Gasteiger partial charge in [-0.15, -0.1) is 5.10 Å². The van der Waals surface area contributed by atoms with Gasteiger partial charge in [0, 0.05) is 16.1 Å². The van der Waals surface area contributed by atoms with Crippen LogP contribution in [0, 0.1) is 0 Å². The highest BCUT2D eigenvalue weighted by atomic mass is 35.5. The summed E-state index contributed by atoms with van der Waals surface area (Å²) in [6.45, 7) is 2.96. The fourth-order valence-corrected chi connectivity index (χ4v) is 2.82. The van der Waals surface area contributed by atoms with Crippen LogP contribution < -0.4 is 5.32 Å². The molecule has 1 aromatic carbocycles. The molecule has 0 fully saturated rings. The van der Waals surface area contributed by atoms with Gasteiger partial charge in [-0.2, -0.15) is 0 Å². The first kappa shape index (κ1) is 13.7. The van der Waals surface area contributed by atoms with Crippen molar-refractivity contribution in [3.05, 3.63) is 44.9 Å². The largest absolute Gasteiger partial charge is 0.309 e. The molecule has 1 N–H and O–H groups in total. The molecular formula is C12H13Cl2N3S. The Labute approximate surface area is 120 Å². The number of rotatable bonds is 5. The molecule has 0 spiro atoms. The molecule has 0 radical (unpaired) electrons. The van der Waals surface area contributed by atoms with Gasteiger partial charge in [0.15, 0.2) is 0 Å². The van der Waals surface area contributed by atoms with Gasteiger partial charge in [0.05, 0.1) is 11.1 Å². The van der Waals surface area contributed by atoms with Crippen LogP contribution in [0.3, 0.4) is 0 Å². The maximum absolute atomic E-state index is 6.20. The van der Waals surface area contributed by atoms with E-state index in [1.54, 1.807) is 12.3 Å². The highest BCUT2D eigenvalue weighted by Gasteiger charge is 2.15. The van der Waals surface area contributed by atoms with E-state index in [4.69, 9.17) is 23.2 Å². The number of aromatic nitrogens is 2. The quantitative estimate of drug-likeness (QED) is 0.914. The molecule has 96 valence electrons. The van der Waals surface area contributed by atoms with E-state index in [2.05, 4.69) is 21.8 Å². The van der Waals surface area contributed by atoms with Crippen molar-refractivity contribution in [3.63, 3.8) is 0 Å². The van der Waals surface area contributed by atoms with Crippen molar-refractivity contribution in [2.24, 2.45) is 0 Å². The summed E-state index contributed by atoms with van der Waals surface area (Å²) in [5.74, 6) is 0. The lowest BCUT2D eigenvalue weighted by Gasteiger charge is -2.16. The molecule has 0 saturated heterocycles. The van der Waals surface area contributed by atoms with Crippen LogP contribution >= 0.6 is 34.7 Å². The van der Waals surface area contributed by atoms with Crippen LogP contribution in [0.2, 0.25) is 10.0 Å². The zero-order chi connectivity index (χ0) is 13.0. The lowest BCUT2D eigenvalue weighted by atomic mass is 10.0. The number of hydrogen-bond acceptors (Lipinski definition) is 4. The van der Waals surface area contributed by atoms with Crippen LogP contribution in [0.5, 0.6) is 0 Å². The molecule has 1 atom stereocenters. The number of halogens is 2. The molecule has 0 aliphatic carbocycles. The van der Waals surface area contributed by atoms with Gasteiger partial charge < -0.3 is 5.32 Å². The molecule has 1 aromatic heterocycles. The number of hydrogen-bond donors (Lipinski definition) is 1. The third-order valence-electron chi connectivity index (χ3n) is 2.61. The van der Waals surface area contributed by atoms with Gasteiger partial charge in [0.1, 0.15) is 0 Å². The minimum absolute atomic E-state index is 0.189.